The molecular weight excluding hydrogens is 318 g/mol. The lowest BCUT2D eigenvalue weighted by Gasteiger charge is -2.29. The minimum absolute atomic E-state index is 0.0160. The van der Waals surface area contributed by atoms with Crippen LogP contribution in [-0.2, 0) is 6.54 Å². The van der Waals surface area contributed by atoms with E-state index in [9.17, 15) is 4.79 Å². The average Bonchev–Trinajstić information content (AvgIpc) is 3.14. The first-order valence-electron chi connectivity index (χ1n) is 7.49. The van der Waals surface area contributed by atoms with Gasteiger partial charge in [-0.05, 0) is 52.9 Å². The Morgan fingerprint density at radius 2 is 2.20 bits per heavy atom. The van der Waals surface area contributed by atoms with Crippen molar-refractivity contribution in [2.45, 2.75) is 58.5 Å². The molecule has 2 saturated carbocycles. The number of nitrogens with zero attached hydrogens (tertiary/aromatic N) is 2. The fourth-order valence-electron chi connectivity index (χ4n) is 3.02. The molecule has 0 saturated heterocycles. The lowest BCUT2D eigenvalue weighted by molar-refractivity contribution is 0.349. The number of hydrogen-bond acceptors (Lipinski definition) is 3. The highest BCUT2D eigenvalue weighted by Gasteiger charge is 2.34. The Kier molecular flexibility index (Phi) is 3.65. The molecule has 1 aromatic heterocycles. The van der Waals surface area contributed by atoms with E-state index in [4.69, 9.17) is 0 Å². The van der Waals surface area contributed by atoms with Crippen LogP contribution in [0, 0.1) is 11.3 Å². The van der Waals surface area contributed by atoms with Gasteiger partial charge in [-0.3, -0.25) is 4.79 Å². The van der Waals surface area contributed by atoms with E-state index in [1.165, 1.54) is 25.7 Å². The summed E-state index contributed by atoms with van der Waals surface area (Å²) in [6.45, 7) is 5.33. The van der Waals surface area contributed by atoms with Gasteiger partial charge in [0.15, 0.2) is 0 Å². The Labute approximate surface area is 128 Å². The molecule has 4 nitrogen and oxygen atoms in total. The fourth-order valence-corrected chi connectivity index (χ4v) is 3.44. The standard InChI is InChI=1S/C15H22BrN3O/c1-15(2)7-3-4-12(15)18-11-8-17-19(9-10-5-6-10)14(20)13(11)16/h8,10,12,18H,3-7,9H2,1-2H3. The lowest BCUT2D eigenvalue weighted by Crippen LogP contribution is -2.33. The van der Waals surface area contributed by atoms with Crippen LogP contribution >= 0.6 is 15.9 Å². The Morgan fingerprint density at radius 3 is 2.80 bits per heavy atom. The third kappa shape index (κ3) is 2.78. The molecule has 1 atom stereocenters. The van der Waals surface area contributed by atoms with Crippen LogP contribution in [0.4, 0.5) is 5.69 Å². The summed E-state index contributed by atoms with van der Waals surface area (Å²) in [5.74, 6) is 0.652. The van der Waals surface area contributed by atoms with E-state index in [2.05, 4.69) is 40.2 Å². The van der Waals surface area contributed by atoms with E-state index in [0.717, 1.165) is 18.7 Å². The Bertz CT molecular complexity index is 563. The highest BCUT2D eigenvalue weighted by molar-refractivity contribution is 9.10. The van der Waals surface area contributed by atoms with Crippen molar-refractivity contribution in [3.8, 4) is 0 Å². The van der Waals surface area contributed by atoms with Crippen molar-refractivity contribution in [3.63, 3.8) is 0 Å². The number of rotatable bonds is 4. The third-order valence-electron chi connectivity index (χ3n) is 4.70. The number of aromatic nitrogens is 2. The van der Waals surface area contributed by atoms with Crippen LogP contribution in [0.15, 0.2) is 15.5 Å². The second-order valence-electron chi connectivity index (χ2n) is 6.88. The van der Waals surface area contributed by atoms with Crippen LogP contribution in [0.5, 0.6) is 0 Å². The highest BCUT2D eigenvalue weighted by Crippen LogP contribution is 2.39. The second-order valence-corrected chi connectivity index (χ2v) is 7.67. The summed E-state index contributed by atoms with van der Waals surface area (Å²) in [4.78, 5) is 12.3. The van der Waals surface area contributed by atoms with Gasteiger partial charge in [0, 0.05) is 12.6 Å². The summed E-state index contributed by atoms with van der Waals surface area (Å²) in [6.07, 6.45) is 7.87. The molecular formula is C15H22BrN3O. The largest absolute Gasteiger partial charge is 0.379 e. The van der Waals surface area contributed by atoms with Crippen LogP contribution in [0.3, 0.4) is 0 Å². The van der Waals surface area contributed by atoms with Gasteiger partial charge < -0.3 is 5.32 Å². The van der Waals surface area contributed by atoms with E-state index in [0.29, 0.717) is 16.4 Å². The number of nitrogens with one attached hydrogen (secondary N) is 1. The maximum absolute atomic E-state index is 12.3. The molecule has 1 aromatic rings. The molecule has 0 aliphatic heterocycles. The van der Waals surface area contributed by atoms with E-state index in [1.807, 2.05) is 0 Å². The zero-order valence-electron chi connectivity index (χ0n) is 12.2. The van der Waals surface area contributed by atoms with Gasteiger partial charge in [-0.2, -0.15) is 5.10 Å². The van der Waals surface area contributed by atoms with Crippen LogP contribution in [0.25, 0.3) is 0 Å². The van der Waals surface area contributed by atoms with Crippen LogP contribution < -0.4 is 10.9 Å². The first-order valence-corrected chi connectivity index (χ1v) is 8.29. The number of halogens is 1. The van der Waals surface area contributed by atoms with Crippen LogP contribution in [0.2, 0.25) is 0 Å². The zero-order valence-corrected chi connectivity index (χ0v) is 13.7. The van der Waals surface area contributed by atoms with Crippen molar-refractivity contribution in [3.05, 3.63) is 21.0 Å². The summed E-state index contributed by atoms with van der Waals surface area (Å²) in [6, 6.07) is 0.416. The minimum atomic E-state index is -0.0160. The molecule has 1 heterocycles. The van der Waals surface area contributed by atoms with Crippen molar-refractivity contribution < 1.29 is 0 Å². The van der Waals surface area contributed by atoms with Gasteiger partial charge >= 0.3 is 0 Å². The van der Waals surface area contributed by atoms with Crippen molar-refractivity contribution >= 4 is 21.6 Å². The monoisotopic (exact) mass is 339 g/mol. The highest BCUT2D eigenvalue weighted by atomic mass is 79.9. The molecule has 5 heteroatoms. The van der Waals surface area contributed by atoms with Crippen molar-refractivity contribution in [2.24, 2.45) is 11.3 Å². The van der Waals surface area contributed by atoms with Gasteiger partial charge in [-0.25, -0.2) is 4.68 Å². The predicted octanol–water partition coefficient (Wildman–Crippen LogP) is 3.41. The molecule has 0 spiro atoms. The molecule has 1 unspecified atom stereocenters. The topological polar surface area (TPSA) is 46.9 Å². The summed E-state index contributed by atoms with van der Waals surface area (Å²) in [7, 11) is 0. The normalized spacial score (nSPS) is 24.9. The van der Waals surface area contributed by atoms with E-state index >= 15 is 0 Å². The fraction of sp³-hybridized carbons (Fsp3) is 0.733. The molecule has 110 valence electrons. The van der Waals surface area contributed by atoms with Gasteiger partial charge in [-0.15, -0.1) is 0 Å². The first kappa shape index (κ1) is 14.1. The molecule has 0 radical (unpaired) electrons. The van der Waals surface area contributed by atoms with E-state index in [-0.39, 0.29) is 11.0 Å². The SMILES string of the molecule is CC1(C)CCCC1Nc1cnn(CC2CC2)c(=O)c1Br. The van der Waals surface area contributed by atoms with Crippen molar-refractivity contribution in [1.82, 2.24) is 9.78 Å². The molecule has 0 aromatic carbocycles. The zero-order chi connectivity index (χ0) is 14.3. The average molecular weight is 340 g/mol. The maximum Gasteiger partial charge on any atom is 0.283 e. The quantitative estimate of drug-likeness (QED) is 0.914. The molecule has 2 aliphatic carbocycles. The summed E-state index contributed by atoms with van der Waals surface area (Å²) < 4.78 is 2.21. The van der Waals surface area contributed by atoms with Gasteiger partial charge in [0.1, 0.15) is 4.47 Å². The van der Waals surface area contributed by atoms with Crippen molar-refractivity contribution in [2.75, 3.05) is 5.32 Å². The van der Waals surface area contributed by atoms with Gasteiger partial charge in [0.2, 0.25) is 0 Å². The smallest absolute Gasteiger partial charge is 0.283 e. The molecule has 0 bridgehead atoms. The second kappa shape index (κ2) is 5.17. The minimum Gasteiger partial charge on any atom is -0.379 e. The molecule has 0 amide bonds. The molecule has 2 aliphatic rings. The molecule has 1 N–H and O–H groups in total. The molecule has 3 rings (SSSR count). The van der Waals surface area contributed by atoms with Crippen LogP contribution in [-0.4, -0.2) is 15.8 Å². The number of anilines is 1. The summed E-state index contributed by atoms with van der Waals surface area (Å²) >= 11 is 3.45. The predicted molar refractivity (Wildman–Crippen MR) is 84.0 cm³/mol. The Balaban J connectivity index is 1.80. The molecule has 20 heavy (non-hydrogen) atoms. The lowest BCUT2D eigenvalue weighted by atomic mass is 9.87. The van der Waals surface area contributed by atoms with E-state index in [1.54, 1.807) is 10.9 Å². The summed E-state index contributed by atoms with van der Waals surface area (Å²) in [5.41, 5.74) is 1.10. The van der Waals surface area contributed by atoms with Gasteiger partial charge in [0.25, 0.3) is 5.56 Å². The van der Waals surface area contributed by atoms with E-state index < -0.39 is 0 Å². The molecule has 2 fully saturated rings. The number of hydrogen-bond donors (Lipinski definition) is 1. The first-order chi connectivity index (χ1) is 9.47. The Morgan fingerprint density at radius 1 is 1.45 bits per heavy atom. The van der Waals surface area contributed by atoms with Crippen molar-refractivity contribution in [1.29, 1.82) is 0 Å². The summed E-state index contributed by atoms with van der Waals surface area (Å²) in [5, 5.41) is 7.83. The maximum atomic E-state index is 12.3. The Hall–Kier alpha value is -0.840. The van der Waals surface area contributed by atoms with Crippen LogP contribution in [0.1, 0.15) is 46.0 Å². The van der Waals surface area contributed by atoms with Gasteiger partial charge in [-0.1, -0.05) is 20.3 Å². The third-order valence-corrected chi connectivity index (χ3v) is 5.47. The van der Waals surface area contributed by atoms with Gasteiger partial charge in [0.05, 0.1) is 11.9 Å².